The second-order valence-electron chi connectivity index (χ2n) is 5.91. The van der Waals surface area contributed by atoms with Crippen molar-refractivity contribution < 1.29 is 4.74 Å². The lowest BCUT2D eigenvalue weighted by atomic mass is 9.87. The first-order valence-electron chi connectivity index (χ1n) is 7.59. The van der Waals surface area contributed by atoms with Gasteiger partial charge in [0.25, 0.3) is 0 Å². The van der Waals surface area contributed by atoms with Crippen LogP contribution in [0.3, 0.4) is 0 Å². The van der Waals surface area contributed by atoms with Crippen LogP contribution in [0.5, 0.6) is 5.75 Å². The molecule has 1 heterocycles. The van der Waals surface area contributed by atoms with Gasteiger partial charge in [-0.25, -0.2) is 0 Å². The van der Waals surface area contributed by atoms with E-state index < -0.39 is 0 Å². The maximum absolute atomic E-state index is 6.11. The molecule has 0 spiro atoms. The van der Waals surface area contributed by atoms with Crippen molar-refractivity contribution in [2.24, 2.45) is 11.8 Å². The highest BCUT2D eigenvalue weighted by Gasteiger charge is 2.34. The summed E-state index contributed by atoms with van der Waals surface area (Å²) in [5.74, 6) is 7.54. The molecule has 1 aromatic carbocycles. The van der Waals surface area contributed by atoms with Gasteiger partial charge in [-0.05, 0) is 30.4 Å². The summed E-state index contributed by atoms with van der Waals surface area (Å²) in [4.78, 5) is 0. The van der Waals surface area contributed by atoms with Crippen molar-refractivity contribution in [3.05, 3.63) is 29.8 Å². The highest BCUT2D eigenvalue weighted by Crippen LogP contribution is 2.34. The molecular weight excluding hydrogens is 236 g/mol. The van der Waals surface area contributed by atoms with Crippen LogP contribution in [0.25, 0.3) is 0 Å². The van der Waals surface area contributed by atoms with Crippen LogP contribution in [-0.4, -0.2) is 12.1 Å². The van der Waals surface area contributed by atoms with E-state index in [4.69, 9.17) is 10.6 Å². The molecule has 1 aliphatic heterocycles. The predicted octanol–water partition coefficient (Wildman–Crippen LogP) is 2.79. The van der Waals surface area contributed by atoms with Gasteiger partial charge in [-0.1, -0.05) is 43.9 Å². The Morgan fingerprint density at radius 2 is 1.84 bits per heavy atom. The van der Waals surface area contributed by atoms with Gasteiger partial charge in [-0.2, -0.15) is 0 Å². The van der Waals surface area contributed by atoms with Crippen LogP contribution in [-0.2, 0) is 6.42 Å². The maximum Gasteiger partial charge on any atom is 0.123 e. The van der Waals surface area contributed by atoms with E-state index in [0.29, 0.717) is 5.92 Å². The molecule has 0 aromatic heterocycles. The molecule has 2 aliphatic rings. The number of nitrogens with two attached hydrogens (primary N) is 1. The quantitative estimate of drug-likeness (QED) is 0.499. The summed E-state index contributed by atoms with van der Waals surface area (Å²) >= 11 is 0. The highest BCUT2D eigenvalue weighted by molar-refractivity contribution is 5.37. The second kappa shape index (κ2) is 5.93. The zero-order chi connectivity index (χ0) is 13.1. The second-order valence-corrected chi connectivity index (χ2v) is 5.91. The lowest BCUT2D eigenvalue weighted by Crippen LogP contribution is -2.50. The number of ether oxygens (including phenoxy) is 1. The standard InChI is InChI=1S/C16H24N2O/c17-18-16(12-7-3-1-2-4-8-12)15-11-13-9-5-6-10-14(13)19-15/h5-6,9-10,12,15-16,18H,1-4,7-8,11,17H2. The molecule has 3 rings (SSSR count). The number of hydrogen-bond donors (Lipinski definition) is 2. The first kappa shape index (κ1) is 12.9. The predicted molar refractivity (Wildman–Crippen MR) is 76.9 cm³/mol. The Balaban J connectivity index is 1.70. The van der Waals surface area contributed by atoms with Crippen LogP contribution in [0.1, 0.15) is 44.1 Å². The summed E-state index contributed by atoms with van der Waals surface area (Å²) in [5, 5.41) is 0. The van der Waals surface area contributed by atoms with Gasteiger partial charge in [0, 0.05) is 6.42 Å². The van der Waals surface area contributed by atoms with Crippen LogP contribution in [0, 0.1) is 5.92 Å². The minimum atomic E-state index is 0.200. The third-order valence-electron chi connectivity index (χ3n) is 4.67. The summed E-state index contributed by atoms with van der Waals surface area (Å²) in [5.41, 5.74) is 4.37. The van der Waals surface area contributed by atoms with E-state index in [-0.39, 0.29) is 12.1 Å². The smallest absolute Gasteiger partial charge is 0.123 e. The third-order valence-corrected chi connectivity index (χ3v) is 4.67. The minimum absolute atomic E-state index is 0.200. The highest BCUT2D eigenvalue weighted by atomic mass is 16.5. The van der Waals surface area contributed by atoms with Crippen LogP contribution in [0.4, 0.5) is 0 Å². The largest absolute Gasteiger partial charge is 0.488 e. The van der Waals surface area contributed by atoms with Crippen LogP contribution in [0.2, 0.25) is 0 Å². The zero-order valence-corrected chi connectivity index (χ0v) is 11.5. The fourth-order valence-corrected chi connectivity index (χ4v) is 3.63. The molecule has 1 aliphatic carbocycles. The molecule has 1 saturated carbocycles. The molecule has 3 heteroatoms. The Kier molecular flexibility index (Phi) is 4.04. The molecule has 0 bridgehead atoms. The van der Waals surface area contributed by atoms with Gasteiger partial charge in [-0.15, -0.1) is 0 Å². The van der Waals surface area contributed by atoms with Gasteiger partial charge in [0.2, 0.25) is 0 Å². The van der Waals surface area contributed by atoms with Crippen LogP contribution < -0.4 is 16.0 Å². The van der Waals surface area contributed by atoms with Crippen molar-refractivity contribution >= 4 is 0 Å². The van der Waals surface area contributed by atoms with Crippen molar-refractivity contribution in [1.82, 2.24) is 5.43 Å². The molecule has 104 valence electrons. The van der Waals surface area contributed by atoms with Gasteiger partial charge in [0.05, 0.1) is 6.04 Å². The average Bonchev–Trinajstić information content (AvgIpc) is 2.67. The van der Waals surface area contributed by atoms with E-state index in [0.717, 1.165) is 12.2 Å². The number of para-hydroxylation sites is 1. The van der Waals surface area contributed by atoms with Crippen LogP contribution >= 0.6 is 0 Å². The Morgan fingerprint density at radius 1 is 1.11 bits per heavy atom. The van der Waals surface area contributed by atoms with E-state index in [2.05, 4.69) is 23.6 Å². The summed E-state index contributed by atoms with van der Waals surface area (Å²) in [6.07, 6.45) is 9.17. The normalized spacial score (nSPS) is 25.4. The maximum atomic E-state index is 6.11. The number of nitrogens with one attached hydrogen (secondary N) is 1. The van der Waals surface area contributed by atoms with Gasteiger partial charge in [-0.3, -0.25) is 11.3 Å². The molecule has 2 atom stereocenters. The molecule has 0 saturated heterocycles. The summed E-state index contributed by atoms with van der Waals surface area (Å²) in [6.45, 7) is 0. The van der Waals surface area contributed by atoms with Gasteiger partial charge >= 0.3 is 0 Å². The van der Waals surface area contributed by atoms with Crippen molar-refractivity contribution in [3.8, 4) is 5.75 Å². The number of hydrazine groups is 1. The monoisotopic (exact) mass is 260 g/mol. The molecule has 3 N–H and O–H groups in total. The molecular formula is C16H24N2O. The van der Waals surface area contributed by atoms with E-state index in [1.807, 2.05) is 6.07 Å². The number of fused-ring (bicyclic) bond motifs is 1. The molecule has 1 aromatic rings. The zero-order valence-electron chi connectivity index (χ0n) is 11.5. The third kappa shape index (κ3) is 2.77. The number of hydrogen-bond acceptors (Lipinski definition) is 3. The lowest BCUT2D eigenvalue weighted by Gasteiger charge is -2.30. The number of benzene rings is 1. The van der Waals surface area contributed by atoms with E-state index in [1.54, 1.807) is 0 Å². The fourth-order valence-electron chi connectivity index (χ4n) is 3.63. The minimum Gasteiger partial charge on any atom is -0.488 e. The lowest BCUT2D eigenvalue weighted by molar-refractivity contribution is 0.132. The first-order valence-corrected chi connectivity index (χ1v) is 7.59. The first-order chi connectivity index (χ1) is 9.38. The molecule has 3 nitrogen and oxygen atoms in total. The Hall–Kier alpha value is -1.06. The summed E-state index contributed by atoms with van der Waals surface area (Å²) in [7, 11) is 0. The summed E-state index contributed by atoms with van der Waals surface area (Å²) in [6, 6.07) is 8.63. The molecule has 19 heavy (non-hydrogen) atoms. The Bertz CT molecular complexity index is 388. The van der Waals surface area contributed by atoms with Crippen molar-refractivity contribution in [1.29, 1.82) is 0 Å². The average molecular weight is 260 g/mol. The van der Waals surface area contributed by atoms with Crippen LogP contribution in [0.15, 0.2) is 24.3 Å². The SMILES string of the molecule is NNC(C1CCCCCC1)C1Cc2ccccc2O1. The van der Waals surface area contributed by atoms with Gasteiger partial charge in [0.15, 0.2) is 0 Å². The molecule has 1 fully saturated rings. The Morgan fingerprint density at radius 3 is 2.53 bits per heavy atom. The summed E-state index contributed by atoms with van der Waals surface area (Å²) < 4.78 is 6.11. The van der Waals surface area contributed by atoms with Gasteiger partial charge < -0.3 is 4.74 Å². The molecule has 0 radical (unpaired) electrons. The Labute approximate surface area is 115 Å². The fraction of sp³-hybridized carbons (Fsp3) is 0.625. The van der Waals surface area contributed by atoms with E-state index in [1.165, 1.54) is 44.1 Å². The van der Waals surface area contributed by atoms with Gasteiger partial charge in [0.1, 0.15) is 11.9 Å². The van der Waals surface area contributed by atoms with Crippen molar-refractivity contribution in [3.63, 3.8) is 0 Å². The topological polar surface area (TPSA) is 47.3 Å². The molecule has 2 unspecified atom stereocenters. The van der Waals surface area contributed by atoms with E-state index >= 15 is 0 Å². The van der Waals surface area contributed by atoms with Crippen molar-refractivity contribution in [2.75, 3.05) is 0 Å². The van der Waals surface area contributed by atoms with E-state index in [9.17, 15) is 0 Å². The van der Waals surface area contributed by atoms with Crippen molar-refractivity contribution in [2.45, 2.75) is 57.1 Å². The molecule has 0 amide bonds. The number of rotatable bonds is 3.